The van der Waals surface area contributed by atoms with Gasteiger partial charge in [-0.25, -0.2) is 0 Å². The summed E-state index contributed by atoms with van der Waals surface area (Å²) in [7, 11) is 0. The second-order valence-corrected chi connectivity index (χ2v) is 5.77. The summed E-state index contributed by atoms with van der Waals surface area (Å²) >= 11 is 2.81. The van der Waals surface area contributed by atoms with Crippen molar-refractivity contribution in [3.63, 3.8) is 0 Å². The molecule has 1 unspecified atom stereocenters. The number of hydrogen-bond acceptors (Lipinski definition) is 5. The van der Waals surface area contributed by atoms with Crippen molar-refractivity contribution in [1.29, 1.82) is 0 Å². The fraction of sp³-hybridized carbons (Fsp3) is 0.455. The van der Waals surface area contributed by atoms with Gasteiger partial charge in [0.2, 0.25) is 5.91 Å². The summed E-state index contributed by atoms with van der Waals surface area (Å²) < 4.78 is 0. The van der Waals surface area contributed by atoms with E-state index in [1.807, 2.05) is 24.4 Å². The first-order chi connectivity index (χ1) is 8.50. The maximum Gasteiger partial charge on any atom is 0.321 e. The molecule has 0 radical (unpaired) electrons. The lowest BCUT2D eigenvalue weighted by Gasteiger charge is -2.12. The van der Waals surface area contributed by atoms with E-state index in [0.717, 1.165) is 4.88 Å². The number of carboxylic acids is 1. The maximum atomic E-state index is 11.6. The fourth-order valence-electron chi connectivity index (χ4n) is 1.24. The minimum absolute atomic E-state index is 0.0220. The average molecular weight is 288 g/mol. The molecule has 0 aliphatic heterocycles. The first-order valence-electron chi connectivity index (χ1n) is 5.39. The maximum absolute atomic E-state index is 11.6. The average Bonchev–Trinajstić information content (AvgIpc) is 2.81. The molecule has 0 spiro atoms. The molecule has 0 saturated carbocycles. The fourth-order valence-corrected chi connectivity index (χ4v) is 2.76. The Morgan fingerprint density at radius 2 is 2.33 bits per heavy atom. The standard InChI is InChI=1S/C11H16N2O3S2/c1-7(9-3-2-4-18-9)13-10(14)6-17-5-8(12)11(15)16/h2-4,7-8H,5-6,12H2,1H3,(H,13,14)(H,15,16)/t7?,8-/m0/s1. The summed E-state index contributed by atoms with van der Waals surface area (Å²) in [6.07, 6.45) is 0. The van der Waals surface area contributed by atoms with E-state index in [2.05, 4.69) is 5.32 Å². The molecular formula is C11H16N2O3S2. The molecule has 0 aromatic carbocycles. The molecular weight excluding hydrogens is 272 g/mol. The zero-order chi connectivity index (χ0) is 13.5. The van der Waals surface area contributed by atoms with E-state index in [0.29, 0.717) is 0 Å². The zero-order valence-corrected chi connectivity index (χ0v) is 11.6. The molecule has 100 valence electrons. The smallest absolute Gasteiger partial charge is 0.321 e. The van der Waals surface area contributed by atoms with Crippen LogP contribution < -0.4 is 11.1 Å². The van der Waals surface area contributed by atoms with E-state index in [-0.39, 0.29) is 23.5 Å². The lowest BCUT2D eigenvalue weighted by Crippen LogP contribution is -2.34. The topological polar surface area (TPSA) is 92.4 Å². The first kappa shape index (κ1) is 15.0. The van der Waals surface area contributed by atoms with Gasteiger partial charge in [-0.3, -0.25) is 9.59 Å². The van der Waals surface area contributed by atoms with Gasteiger partial charge in [0.05, 0.1) is 11.8 Å². The Morgan fingerprint density at radius 1 is 1.61 bits per heavy atom. The third kappa shape index (κ3) is 5.07. The number of aliphatic carboxylic acids is 1. The third-order valence-corrected chi connectivity index (χ3v) is 4.31. The SMILES string of the molecule is CC(NC(=O)CSC[C@H](N)C(=O)O)c1cccs1. The van der Waals surface area contributed by atoms with E-state index in [9.17, 15) is 9.59 Å². The Hall–Kier alpha value is -1.05. The predicted octanol–water partition coefficient (Wildman–Crippen LogP) is 1.07. The zero-order valence-electron chi connectivity index (χ0n) is 9.96. The third-order valence-electron chi connectivity index (χ3n) is 2.20. The van der Waals surface area contributed by atoms with Gasteiger partial charge < -0.3 is 16.2 Å². The molecule has 1 amide bonds. The van der Waals surface area contributed by atoms with E-state index in [1.54, 1.807) is 11.3 Å². The van der Waals surface area contributed by atoms with Crippen LogP contribution in [0.2, 0.25) is 0 Å². The molecule has 0 fully saturated rings. The highest BCUT2D eigenvalue weighted by molar-refractivity contribution is 8.00. The molecule has 0 aliphatic rings. The summed E-state index contributed by atoms with van der Waals surface area (Å²) in [5.41, 5.74) is 5.33. The van der Waals surface area contributed by atoms with Crippen molar-refractivity contribution in [3.8, 4) is 0 Å². The summed E-state index contributed by atoms with van der Waals surface area (Å²) in [6.45, 7) is 1.91. The van der Waals surface area contributed by atoms with Crippen LogP contribution in [-0.4, -0.2) is 34.5 Å². The van der Waals surface area contributed by atoms with E-state index < -0.39 is 12.0 Å². The number of rotatable bonds is 7. The Bertz CT molecular complexity index is 395. The molecule has 4 N–H and O–H groups in total. The Labute approximate surface area is 114 Å². The monoisotopic (exact) mass is 288 g/mol. The van der Waals surface area contributed by atoms with Crippen LogP contribution in [0.5, 0.6) is 0 Å². The Morgan fingerprint density at radius 3 is 2.89 bits per heavy atom. The van der Waals surface area contributed by atoms with Gasteiger partial charge in [0, 0.05) is 10.6 Å². The van der Waals surface area contributed by atoms with Gasteiger partial charge in [0.1, 0.15) is 6.04 Å². The van der Waals surface area contributed by atoms with Gasteiger partial charge in [0.25, 0.3) is 0 Å². The van der Waals surface area contributed by atoms with Gasteiger partial charge >= 0.3 is 5.97 Å². The number of hydrogen-bond donors (Lipinski definition) is 3. The number of nitrogens with one attached hydrogen (secondary N) is 1. The molecule has 0 aliphatic carbocycles. The van der Waals surface area contributed by atoms with Gasteiger partial charge in [-0.2, -0.15) is 0 Å². The summed E-state index contributed by atoms with van der Waals surface area (Å²) in [6, 6.07) is 2.95. The minimum Gasteiger partial charge on any atom is -0.480 e. The number of carbonyl (C=O) groups excluding carboxylic acids is 1. The molecule has 1 rings (SSSR count). The summed E-state index contributed by atoms with van der Waals surface area (Å²) in [5, 5.41) is 13.4. The summed E-state index contributed by atoms with van der Waals surface area (Å²) in [5.74, 6) is -0.708. The molecule has 1 aromatic heterocycles. The van der Waals surface area contributed by atoms with Crippen molar-refractivity contribution >= 4 is 35.0 Å². The van der Waals surface area contributed by atoms with Crippen LogP contribution in [0.4, 0.5) is 0 Å². The van der Waals surface area contributed by atoms with E-state index >= 15 is 0 Å². The van der Waals surface area contributed by atoms with Gasteiger partial charge in [0.15, 0.2) is 0 Å². The molecule has 2 atom stereocenters. The molecule has 1 aromatic rings. The number of thioether (sulfide) groups is 1. The number of amides is 1. The van der Waals surface area contributed by atoms with Crippen LogP contribution in [0, 0.1) is 0 Å². The lowest BCUT2D eigenvalue weighted by molar-refractivity contribution is -0.138. The van der Waals surface area contributed by atoms with Crippen LogP contribution in [0.25, 0.3) is 0 Å². The van der Waals surface area contributed by atoms with Crippen LogP contribution in [0.15, 0.2) is 17.5 Å². The van der Waals surface area contributed by atoms with Gasteiger partial charge in [-0.05, 0) is 18.4 Å². The number of thiophene rings is 1. The molecule has 18 heavy (non-hydrogen) atoms. The molecule has 1 heterocycles. The normalized spacial score (nSPS) is 13.9. The van der Waals surface area contributed by atoms with Crippen LogP contribution >= 0.6 is 23.1 Å². The number of carbonyl (C=O) groups is 2. The summed E-state index contributed by atoms with van der Waals surface area (Å²) in [4.78, 5) is 23.1. The van der Waals surface area contributed by atoms with Gasteiger partial charge in [-0.15, -0.1) is 23.1 Å². The van der Waals surface area contributed by atoms with E-state index in [4.69, 9.17) is 10.8 Å². The highest BCUT2D eigenvalue weighted by Crippen LogP contribution is 2.18. The molecule has 0 bridgehead atoms. The largest absolute Gasteiger partial charge is 0.480 e. The minimum atomic E-state index is -1.05. The highest BCUT2D eigenvalue weighted by atomic mass is 32.2. The van der Waals surface area contributed by atoms with Gasteiger partial charge in [-0.1, -0.05) is 6.07 Å². The van der Waals surface area contributed by atoms with E-state index in [1.165, 1.54) is 11.8 Å². The predicted molar refractivity (Wildman–Crippen MR) is 73.8 cm³/mol. The van der Waals surface area contributed by atoms with Crippen molar-refractivity contribution in [1.82, 2.24) is 5.32 Å². The van der Waals surface area contributed by atoms with Crippen molar-refractivity contribution in [2.45, 2.75) is 19.0 Å². The van der Waals surface area contributed by atoms with Crippen molar-refractivity contribution < 1.29 is 14.7 Å². The van der Waals surface area contributed by atoms with Crippen LogP contribution in [0.1, 0.15) is 17.8 Å². The second-order valence-electron chi connectivity index (χ2n) is 3.76. The molecule has 5 nitrogen and oxygen atoms in total. The van der Waals surface area contributed by atoms with Crippen LogP contribution in [-0.2, 0) is 9.59 Å². The first-order valence-corrected chi connectivity index (χ1v) is 7.43. The van der Waals surface area contributed by atoms with Crippen molar-refractivity contribution in [3.05, 3.63) is 22.4 Å². The number of nitrogens with two attached hydrogens (primary N) is 1. The van der Waals surface area contributed by atoms with Crippen molar-refractivity contribution in [2.24, 2.45) is 5.73 Å². The number of carboxylic acid groups (broad SMARTS) is 1. The second kappa shape index (κ2) is 7.40. The lowest BCUT2D eigenvalue weighted by atomic mass is 10.3. The molecule has 7 heteroatoms. The molecule has 0 saturated heterocycles. The highest BCUT2D eigenvalue weighted by Gasteiger charge is 2.14. The quantitative estimate of drug-likeness (QED) is 0.698. The van der Waals surface area contributed by atoms with Crippen LogP contribution in [0.3, 0.4) is 0 Å². The Balaban J connectivity index is 2.24. The Kier molecular flexibility index (Phi) is 6.17. The van der Waals surface area contributed by atoms with Crippen molar-refractivity contribution in [2.75, 3.05) is 11.5 Å².